The third-order valence-corrected chi connectivity index (χ3v) is 4.76. The van der Waals surface area contributed by atoms with Gasteiger partial charge >= 0.3 is 18.3 Å². The number of nitrogens with zero attached hydrogens (tertiary/aromatic N) is 2. The molecule has 0 aromatic heterocycles. The molecule has 0 spiro atoms. The molecule has 3 N–H and O–H groups in total. The standard InChI is InChI=1S/C18H23F6N3O2/c1-2-3-8-27(15(25)26-9-11-29-12-10-26)14-6-4-13(5-7-14)16(28,17(19,20)21)18(22,23)24/h4-7,25,28H,2-3,8-12H2,1H3/p+1. The highest BCUT2D eigenvalue weighted by Crippen LogP contribution is 2.50. The van der Waals surface area contributed by atoms with Crippen LogP contribution in [0, 0.1) is 0 Å². The number of nitrogens with two attached hydrogens (primary N) is 1. The second-order valence-electron chi connectivity index (χ2n) is 6.72. The molecule has 0 saturated carbocycles. The summed E-state index contributed by atoms with van der Waals surface area (Å²) in [4.78, 5) is 1.64. The lowest BCUT2D eigenvalue weighted by Crippen LogP contribution is -2.54. The molecule has 1 aromatic rings. The number of anilines is 1. The van der Waals surface area contributed by atoms with Gasteiger partial charge in [-0.1, -0.05) is 25.5 Å². The maximum Gasteiger partial charge on any atom is 0.430 e. The minimum Gasteiger partial charge on any atom is -0.375 e. The minimum atomic E-state index is -5.92. The highest BCUT2D eigenvalue weighted by molar-refractivity contribution is 5.91. The number of ether oxygens (including phenoxy) is 1. The first-order valence-electron chi connectivity index (χ1n) is 9.12. The van der Waals surface area contributed by atoms with Crippen LogP contribution in [0.4, 0.5) is 32.0 Å². The van der Waals surface area contributed by atoms with E-state index in [-0.39, 0.29) is 0 Å². The van der Waals surface area contributed by atoms with Crippen molar-refractivity contribution >= 4 is 11.6 Å². The fourth-order valence-corrected chi connectivity index (χ4v) is 3.03. The van der Waals surface area contributed by atoms with Crippen molar-refractivity contribution in [2.45, 2.75) is 37.7 Å². The first-order valence-corrected chi connectivity index (χ1v) is 9.12. The van der Waals surface area contributed by atoms with Crippen LogP contribution in [-0.4, -0.2) is 60.8 Å². The van der Waals surface area contributed by atoms with Crippen molar-refractivity contribution < 1.29 is 40.8 Å². The van der Waals surface area contributed by atoms with Crippen molar-refractivity contribution in [3.63, 3.8) is 0 Å². The third-order valence-electron chi connectivity index (χ3n) is 4.76. The maximum atomic E-state index is 13.1. The van der Waals surface area contributed by atoms with Gasteiger partial charge in [0.1, 0.15) is 5.69 Å². The molecule has 0 radical (unpaired) electrons. The molecule has 11 heteroatoms. The van der Waals surface area contributed by atoms with Crippen molar-refractivity contribution in [3.8, 4) is 0 Å². The predicted molar refractivity (Wildman–Crippen MR) is 94.7 cm³/mol. The molecule has 0 unspecified atom stereocenters. The smallest absolute Gasteiger partial charge is 0.375 e. The van der Waals surface area contributed by atoms with Crippen LogP contribution < -0.4 is 10.6 Å². The lowest BCUT2D eigenvalue weighted by molar-refractivity contribution is -0.550. The van der Waals surface area contributed by atoms with E-state index in [2.05, 4.69) is 0 Å². The van der Waals surface area contributed by atoms with E-state index < -0.39 is 23.5 Å². The highest BCUT2D eigenvalue weighted by Gasteiger charge is 2.71. The molecule has 1 fully saturated rings. The summed E-state index contributed by atoms with van der Waals surface area (Å²) in [5, 5.41) is 9.52. The van der Waals surface area contributed by atoms with Gasteiger partial charge in [-0.05, 0) is 18.6 Å². The lowest BCUT2D eigenvalue weighted by atomic mass is 9.92. The average molecular weight is 428 g/mol. The summed E-state index contributed by atoms with van der Waals surface area (Å²) in [5.74, 6) is 0.344. The molecule has 2 rings (SSSR count). The minimum absolute atomic E-state index is 0.331. The van der Waals surface area contributed by atoms with E-state index in [1.807, 2.05) is 11.5 Å². The normalized spacial score (nSPS) is 16.1. The average Bonchev–Trinajstić information content (AvgIpc) is 2.67. The van der Waals surface area contributed by atoms with Crippen molar-refractivity contribution in [2.75, 3.05) is 37.7 Å². The van der Waals surface area contributed by atoms with Crippen molar-refractivity contribution in [1.29, 1.82) is 0 Å². The summed E-state index contributed by atoms with van der Waals surface area (Å²) < 4.78 is 85.5. The first kappa shape index (κ1) is 23.3. The summed E-state index contributed by atoms with van der Waals surface area (Å²) in [7, 11) is 0. The number of morpholine rings is 1. The van der Waals surface area contributed by atoms with Gasteiger partial charge in [0, 0.05) is 5.56 Å². The van der Waals surface area contributed by atoms with Gasteiger partial charge in [0.05, 0.1) is 32.8 Å². The van der Waals surface area contributed by atoms with Gasteiger partial charge in [0.2, 0.25) is 0 Å². The second-order valence-corrected chi connectivity index (χ2v) is 6.72. The van der Waals surface area contributed by atoms with E-state index in [9.17, 15) is 31.4 Å². The van der Waals surface area contributed by atoms with Crippen molar-refractivity contribution in [2.24, 2.45) is 5.73 Å². The summed E-state index contributed by atoms with van der Waals surface area (Å²) in [6.07, 6.45) is -10.3. The van der Waals surface area contributed by atoms with E-state index >= 15 is 0 Å². The zero-order valence-electron chi connectivity index (χ0n) is 15.9. The summed E-state index contributed by atoms with van der Waals surface area (Å²) in [6, 6.07) is 3.45. The van der Waals surface area contributed by atoms with E-state index in [1.165, 1.54) is 0 Å². The molecule has 1 saturated heterocycles. The fraction of sp³-hybridized carbons (Fsp3) is 0.611. The van der Waals surface area contributed by atoms with Crippen LogP contribution in [-0.2, 0) is 10.3 Å². The van der Waals surface area contributed by atoms with Crippen LogP contribution in [0.2, 0.25) is 0 Å². The number of halogens is 6. The lowest BCUT2D eigenvalue weighted by Gasteiger charge is -2.32. The Labute approximate surface area is 164 Å². The number of hydrogen-bond acceptors (Lipinski definition) is 2. The highest BCUT2D eigenvalue weighted by atomic mass is 19.4. The molecule has 29 heavy (non-hydrogen) atoms. The molecule has 1 aliphatic heterocycles. The van der Waals surface area contributed by atoms with Crippen molar-refractivity contribution in [3.05, 3.63) is 29.8 Å². The summed E-state index contributed by atoms with van der Waals surface area (Å²) in [6.45, 7) is 4.35. The van der Waals surface area contributed by atoms with E-state index in [0.717, 1.165) is 18.6 Å². The Morgan fingerprint density at radius 1 is 1.07 bits per heavy atom. The number of alkyl halides is 6. The number of benzene rings is 1. The van der Waals surface area contributed by atoms with Gasteiger partial charge in [-0.3, -0.25) is 10.3 Å². The Hall–Kier alpha value is -2.01. The molecule has 164 valence electrons. The predicted octanol–water partition coefficient (Wildman–Crippen LogP) is 2.96. The first-order chi connectivity index (χ1) is 13.4. The Bertz CT molecular complexity index is 694. The molecule has 0 atom stereocenters. The summed E-state index contributed by atoms with van der Waals surface area (Å²) in [5.41, 5.74) is 0.307. The van der Waals surface area contributed by atoms with E-state index in [1.54, 1.807) is 4.90 Å². The number of guanidine groups is 1. The molecule has 0 bridgehead atoms. The van der Waals surface area contributed by atoms with Crippen LogP contribution in [0.3, 0.4) is 0 Å². The Morgan fingerprint density at radius 3 is 2.03 bits per heavy atom. The second kappa shape index (κ2) is 8.78. The molecule has 0 aliphatic carbocycles. The molecule has 1 aromatic carbocycles. The molecule has 5 nitrogen and oxygen atoms in total. The zero-order valence-corrected chi connectivity index (χ0v) is 15.9. The van der Waals surface area contributed by atoms with E-state index in [0.29, 0.717) is 63.0 Å². The fourth-order valence-electron chi connectivity index (χ4n) is 3.03. The van der Waals surface area contributed by atoms with Gasteiger partial charge < -0.3 is 9.84 Å². The number of aliphatic hydroxyl groups is 1. The van der Waals surface area contributed by atoms with Crippen LogP contribution in [0.15, 0.2) is 24.3 Å². The Kier molecular flexibility index (Phi) is 7.05. The van der Waals surface area contributed by atoms with Crippen molar-refractivity contribution in [1.82, 2.24) is 0 Å². The Balaban J connectivity index is 2.43. The zero-order chi connectivity index (χ0) is 21.9. The quantitative estimate of drug-likeness (QED) is 0.430. The number of unbranched alkanes of at least 4 members (excludes halogenated alkanes) is 1. The van der Waals surface area contributed by atoms with Gasteiger partial charge in [-0.15, -0.1) is 0 Å². The summed E-state index contributed by atoms with van der Waals surface area (Å²) >= 11 is 0. The Morgan fingerprint density at radius 2 is 1.59 bits per heavy atom. The van der Waals surface area contributed by atoms with Crippen LogP contribution in [0.5, 0.6) is 0 Å². The molecule has 1 heterocycles. The molecular weight excluding hydrogens is 404 g/mol. The largest absolute Gasteiger partial charge is 0.430 e. The van der Waals surface area contributed by atoms with Crippen LogP contribution in [0.1, 0.15) is 25.3 Å². The third kappa shape index (κ3) is 4.77. The molecule has 1 aliphatic rings. The monoisotopic (exact) mass is 428 g/mol. The SMILES string of the molecule is CCCCN(C(N)=[N+]1CCOCC1)c1ccc(C(O)(C(F)(F)F)C(F)(F)F)cc1. The maximum absolute atomic E-state index is 13.1. The van der Waals surface area contributed by atoms with Gasteiger partial charge in [0.25, 0.3) is 5.60 Å². The number of rotatable bonds is 5. The van der Waals surface area contributed by atoms with Gasteiger partial charge in [0.15, 0.2) is 0 Å². The van der Waals surface area contributed by atoms with Gasteiger partial charge in [-0.25, -0.2) is 4.90 Å². The molecular formula is C18H24F6N3O2+. The van der Waals surface area contributed by atoms with E-state index in [4.69, 9.17) is 10.5 Å². The van der Waals surface area contributed by atoms with Crippen LogP contribution >= 0.6 is 0 Å². The molecule has 0 amide bonds. The van der Waals surface area contributed by atoms with Gasteiger partial charge in [-0.2, -0.15) is 26.3 Å². The van der Waals surface area contributed by atoms with Crippen LogP contribution in [0.25, 0.3) is 0 Å². The number of hydrogen-bond donors (Lipinski definition) is 2. The topological polar surface area (TPSA) is 61.7 Å².